The Kier molecular flexibility index (Phi) is 5.69. The van der Waals surface area contributed by atoms with Gasteiger partial charge in [0, 0.05) is 19.3 Å². The molecule has 0 radical (unpaired) electrons. The molecule has 3 nitrogen and oxygen atoms in total. The number of rotatable bonds is 6. The minimum absolute atomic E-state index is 0.891. The lowest BCUT2D eigenvalue weighted by Crippen LogP contribution is -2.16. The second kappa shape index (κ2) is 8.34. The highest BCUT2D eigenvalue weighted by atomic mass is 15.3. The lowest BCUT2D eigenvalue weighted by Gasteiger charge is -2.19. The average Bonchev–Trinajstić information content (AvgIpc) is 2.66. The highest BCUT2D eigenvalue weighted by Crippen LogP contribution is 2.16. The third kappa shape index (κ3) is 4.73. The maximum atomic E-state index is 4.34. The van der Waals surface area contributed by atoms with Crippen LogP contribution in [-0.4, -0.2) is 13.3 Å². The van der Waals surface area contributed by atoms with E-state index in [2.05, 4.69) is 97.0 Å². The van der Waals surface area contributed by atoms with Gasteiger partial charge < -0.3 is 4.90 Å². The van der Waals surface area contributed by atoms with Crippen LogP contribution in [0.25, 0.3) is 0 Å². The van der Waals surface area contributed by atoms with Crippen LogP contribution in [0.3, 0.4) is 0 Å². The van der Waals surface area contributed by atoms with E-state index in [9.17, 15) is 0 Å². The molecule has 3 rings (SSSR count). The van der Waals surface area contributed by atoms with Gasteiger partial charge in [0.15, 0.2) is 0 Å². The summed E-state index contributed by atoms with van der Waals surface area (Å²) in [5.74, 6) is 0. The summed E-state index contributed by atoms with van der Waals surface area (Å²) >= 11 is 0. The molecule has 0 saturated heterocycles. The molecule has 0 spiro atoms. The zero-order chi connectivity index (χ0) is 18.4. The van der Waals surface area contributed by atoms with Crippen LogP contribution in [0.1, 0.15) is 22.3 Å². The van der Waals surface area contributed by atoms with Crippen molar-refractivity contribution in [3.05, 3.63) is 95.1 Å². The molecule has 0 saturated carbocycles. The SMILES string of the molecule is Cc1ccc(NN=Cc2ccc(N(C)Cc3ccccc3)cc2)cc1C. The molecule has 3 aromatic rings. The van der Waals surface area contributed by atoms with Gasteiger partial charge in [-0.05, 0) is 60.4 Å². The molecule has 1 N–H and O–H groups in total. The minimum Gasteiger partial charge on any atom is -0.370 e. The number of aryl methyl sites for hydroxylation is 2. The van der Waals surface area contributed by atoms with E-state index < -0.39 is 0 Å². The summed E-state index contributed by atoms with van der Waals surface area (Å²) in [6, 6.07) is 25.2. The summed E-state index contributed by atoms with van der Waals surface area (Å²) in [5.41, 5.74) is 10.2. The highest BCUT2D eigenvalue weighted by Gasteiger charge is 2.01. The van der Waals surface area contributed by atoms with Gasteiger partial charge in [-0.3, -0.25) is 5.43 Å². The van der Waals surface area contributed by atoms with Crippen molar-refractivity contribution in [2.75, 3.05) is 17.4 Å². The maximum absolute atomic E-state index is 4.34. The molecule has 0 aromatic heterocycles. The first-order chi connectivity index (χ1) is 12.6. The molecular formula is C23H25N3. The molecular weight excluding hydrogens is 318 g/mol. The van der Waals surface area contributed by atoms with Gasteiger partial charge >= 0.3 is 0 Å². The fourth-order valence-corrected chi connectivity index (χ4v) is 2.76. The fourth-order valence-electron chi connectivity index (χ4n) is 2.76. The lowest BCUT2D eigenvalue weighted by atomic mass is 10.1. The Morgan fingerprint density at radius 3 is 2.31 bits per heavy atom. The van der Waals surface area contributed by atoms with Gasteiger partial charge in [-0.25, -0.2) is 0 Å². The number of benzene rings is 3. The molecule has 0 unspecified atom stereocenters. The minimum atomic E-state index is 0.891. The summed E-state index contributed by atoms with van der Waals surface area (Å²) in [6.07, 6.45) is 1.84. The normalized spacial score (nSPS) is 10.9. The molecule has 3 aromatic carbocycles. The van der Waals surface area contributed by atoms with Gasteiger partial charge in [0.2, 0.25) is 0 Å². The van der Waals surface area contributed by atoms with Crippen LogP contribution in [0.15, 0.2) is 77.9 Å². The van der Waals surface area contributed by atoms with Crippen molar-refractivity contribution in [3.8, 4) is 0 Å². The van der Waals surface area contributed by atoms with Crippen molar-refractivity contribution in [3.63, 3.8) is 0 Å². The Hall–Kier alpha value is -3.07. The quantitative estimate of drug-likeness (QED) is 0.480. The molecule has 0 fully saturated rings. The lowest BCUT2D eigenvalue weighted by molar-refractivity contribution is 0.923. The molecule has 0 aliphatic rings. The van der Waals surface area contributed by atoms with Crippen molar-refractivity contribution < 1.29 is 0 Å². The van der Waals surface area contributed by atoms with Crippen molar-refractivity contribution in [1.29, 1.82) is 0 Å². The molecule has 0 bridgehead atoms. The third-order valence-corrected chi connectivity index (χ3v) is 4.51. The van der Waals surface area contributed by atoms with Crippen LogP contribution in [-0.2, 0) is 6.54 Å². The number of hydrogen-bond acceptors (Lipinski definition) is 3. The van der Waals surface area contributed by atoms with Crippen molar-refractivity contribution in [2.45, 2.75) is 20.4 Å². The van der Waals surface area contributed by atoms with Crippen molar-refractivity contribution in [2.24, 2.45) is 5.10 Å². The third-order valence-electron chi connectivity index (χ3n) is 4.51. The fraction of sp³-hybridized carbons (Fsp3) is 0.174. The predicted octanol–water partition coefficient (Wildman–Crippen LogP) is 5.39. The second-order valence-corrected chi connectivity index (χ2v) is 6.60. The van der Waals surface area contributed by atoms with E-state index in [-0.39, 0.29) is 0 Å². The van der Waals surface area contributed by atoms with Gasteiger partial charge in [0.05, 0.1) is 11.9 Å². The van der Waals surface area contributed by atoms with Gasteiger partial charge in [0.25, 0.3) is 0 Å². The van der Waals surface area contributed by atoms with Crippen LogP contribution in [0, 0.1) is 13.8 Å². The Balaban J connectivity index is 1.59. The molecule has 0 amide bonds. The van der Waals surface area contributed by atoms with Gasteiger partial charge in [-0.2, -0.15) is 5.10 Å². The number of anilines is 2. The number of nitrogens with one attached hydrogen (secondary N) is 1. The first-order valence-electron chi connectivity index (χ1n) is 8.83. The molecule has 0 aliphatic carbocycles. The van der Waals surface area contributed by atoms with Crippen molar-refractivity contribution in [1.82, 2.24) is 0 Å². The monoisotopic (exact) mass is 343 g/mol. The zero-order valence-corrected chi connectivity index (χ0v) is 15.6. The van der Waals surface area contributed by atoms with E-state index in [1.807, 2.05) is 18.3 Å². The zero-order valence-electron chi connectivity index (χ0n) is 15.6. The molecule has 3 heteroatoms. The van der Waals surface area contributed by atoms with Gasteiger partial charge in [-0.15, -0.1) is 0 Å². The standard InChI is InChI=1S/C23H25N3/c1-18-9-12-22(15-19(18)2)25-24-16-20-10-13-23(14-11-20)26(3)17-21-7-5-4-6-8-21/h4-16,25H,17H2,1-3H3. The van der Waals surface area contributed by atoms with Gasteiger partial charge in [0.1, 0.15) is 0 Å². The summed E-state index contributed by atoms with van der Waals surface area (Å²) in [5, 5.41) is 4.34. The number of hydrogen-bond donors (Lipinski definition) is 1. The van der Waals surface area contributed by atoms with Crippen LogP contribution < -0.4 is 10.3 Å². The highest BCUT2D eigenvalue weighted by molar-refractivity contribution is 5.81. The van der Waals surface area contributed by atoms with Crippen LogP contribution >= 0.6 is 0 Å². The molecule has 132 valence electrons. The maximum Gasteiger partial charge on any atom is 0.0564 e. The summed E-state index contributed by atoms with van der Waals surface area (Å²) in [4.78, 5) is 2.24. The topological polar surface area (TPSA) is 27.6 Å². The van der Waals surface area contributed by atoms with Crippen LogP contribution in [0.5, 0.6) is 0 Å². The Morgan fingerprint density at radius 1 is 0.885 bits per heavy atom. The summed E-state index contributed by atoms with van der Waals surface area (Å²) < 4.78 is 0. The molecule has 0 heterocycles. The smallest absolute Gasteiger partial charge is 0.0564 e. The number of nitrogens with zero attached hydrogens (tertiary/aromatic N) is 2. The van der Waals surface area contributed by atoms with E-state index in [1.54, 1.807) is 0 Å². The average molecular weight is 343 g/mol. The van der Waals surface area contributed by atoms with E-state index in [4.69, 9.17) is 0 Å². The number of hydrazone groups is 1. The first-order valence-corrected chi connectivity index (χ1v) is 8.83. The Labute approximate surface area is 156 Å². The van der Waals surface area contributed by atoms with Crippen LogP contribution in [0.4, 0.5) is 11.4 Å². The Bertz CT molecular complexity index is 868. The van der Waals surface area contributed by atoms with Gasteiger partial charge in [-0.1, -0.05) is 48.5 Å². The largest absolute Gasteiger partial charge is 0.370 e. The van der Waals surface area contributed by atoms with Crippen LogP contribution in [0.2, 0.25) is 0 Å². The van der Waals surface area contributed by atoms with E-state index >= 15 is 0 Å². The molecule has 0 aliphatic heterocycles. The summed E-state index contributed by atoms with van der Waals surface area (Å²) in [7, 11) is 2.11. The van der Waals surface area contributed by atoms with E-state index in [0.29, 0.717) is 0 Å². The molecule has 0 atom stereocenters. The van der Waals surface area contributed by atoms with Crippen molar-refractivity contribution >= 4 is 17.6 Å². The predicted molar refractivity (Wildman–Crippen MR) is 112 cm³/mol. The van der Waals surface area contributed by atoms with E-state index in [0.717, 1.165) is 17.8 Å². The summed E-state index contributed by atoms with van der Waals surface area (Å²) in [6.45, 7) is 5.11. The second-order valence-electron chi connectivity index (χ2n) is 6.60. The molecule has 26 heavy (non-hydrogen) atoms. The first kappa shape index (κ1) is 17.7. The Morgan fingerprint density at radius 2 is 1.62 bits per heavy atom. The van der Waals surface area contributed by atoms with E-state index in [1.165, 1.54) is 22.4 Å².